The molecule has 1 aromatic heterocycles. The zero-order chi connectivity index (χ0) is 21.3. The van der Waals surface area contributed by atoms with Gasteiger partial charge in [-0.05, 0) is 67.9 Å². The van der Waals surface area contributed by atoms with Gasteiger partial charge in [0, 0.05) is 28.8 Å². The zero-order valence-corrected chi connectivity index (χ0v) is 18.0. The van der Waals surface area contributed by atoms with Gasteiger partial charge in [0.15, 0.2) is 14.5 Å². The molecule has 0 saturated carbocycles. The lowest BCUT2D eigenvalue weighted by molar-refractivity contribution is -0.00312. The third-order valence-electron chi connectivity index (χ3n) is 5.20. The summed E-state index contributed by atoms with van der Waals surface area (Å²) in [6.45, 7) is 5.86. The van der Waals surface area contributed by atoms with Crippen LogP contribution in [0.3, 0.4) is 0 Å². The first kappa shape index (κ1) is 19.9. The molecule has 1 atom stereocenters. The normalized spacial score (nSPS) is 11.9. The second-order valence-corrected chi connectivity index (χ2v) is 9.88. The molecule has 0 radical (unpaired) electrons. The number of hydrogen-bond donors (Lipinski definition) is 0. The van der Waals surface area contributed by atoms with E-state index in [0.29, 0.717) is 11.1 Å². The molecule has 0 spiro atoms. The van der Waals surface area contributed by atoms with Crippen molar-refractivity contribution in [1.29, 1.82) is 5.26 Å². The first-order chi connectivity index (χ1) is 14.4. The molecule has 1 unspecified atom stereocenters. The molecular formula is C26H22NO2S+. The van der Waals surface area contributed by atoms with Crippen molar-refractivity contribution in [3.05, 3.63) is 100 Å². The third kappa shape index (κ3) is 3.72. The Morgan fingerprint density at radius 3 is 2.30 bits per heavy atom. The summed E-state index contributed by atoms with van der Waals surface area (Å²) in [6, 6.07) is 27.6. The van der Waals surface area contributed by atoms with Crippen molar-refractivity contribution < 1.29 is 9.53 Å². The van der Waals surface area contributed by atoms with Crippen molar-refractivity contribution in [2.45, 2.75) is 26.4 Å². The lowest BCUT2D eigenvalue weighted by atomic mass is 9.97. The fourth-order valence-corrected chi connectivity index (χ4v) is 5.78. The molecule has 3 aromatic carbocycles. The molecule has 0 aliphatic carbocycles. The molecule has 0 bridgehead atoms. The summed E-state index contributed by atoms with van der Waals surface area (Å²) in [5.74, 6) is -0.363. The van der Waals surface area contributed by atoms with Crippen molar-refractivity contribution in [1.82, 2.24) is 0 Å². The quantitative estimate of drug-likeness (QED) is 0.272. The van der Waals surface area contributed by atoms with Crippen LogP contribution in [0.4, 0.5) is 0 Å². The Hall–Kier alpha value is -3.42. The van der Waals surface area contributed by atoms with Crippen LogP contribution >= 0.6 is 10.5 Å². The number of carbonyl (C=O) groups excluding carboxylic acids is 1. The minimum absolute atomic E-state index is 0.101. The van der Waals surface area contributed by atoms with E-state index >= 15 is 0 Å². The fourth-order valence-electron chi connectivity index (χ4n) is 3.57. The smallest absolute Gasteiger partial charge is 0.338 e. The fraction of sp³-hybridized carbons (Fsp3) is 0.154. The van der Waals surface area contributed by atoms with Gasteiger partial charge < -0.3 is 4.74 Å². The monoisotopic (exact) mass is 412 g/mol. The summed E-state index contributed by atoms with van der Waals surface area (Å²) in [5.41, 5.74) is 1.15. The van der Waals surface area contributed by atoms with Crippen LogP contribution in [0.2, 0.25) is 0 Å². The Kier molecular flexibility index (Phi) is 5.15. The van der Waals surface area contributed by atoms with Crippen molar-refractivity contribution in [2.75, 3.05) is 0 Å². The van der Waals surface area contributed by atoms with Gasteiger partial charge in [-0.3, -0.25) is 0 Å². The molecule has 4 aromatic rings. The Morgan fingerprint density at radius 1 is 0.967 bits per heavy atom. The van der Waals surface area contributed by atoms with Gasteiger partial charge in [0.25, 0.3) is 0 Å². The predicted octanol–water partition coefficient (Wildman–Crippen LogP) is 6.85. The number of ether oxygens (including phenoxy) is 1. The van der Waals surface area contributed by atoms with E-state index in [9.17, 15) is 4.79 Å². The van der Waals surface area contributed by atoms with Gasteiger partial charge in [-0.15, -0.1) is 0 Å². The summed E-state index contributed by atoms with van der Waals surface area (Å²) in [6.07, 6.45) is 0. The van der Waals surface area contributed by atoms with Crippen molar-refractivity contribution in [2.24, 2.45) is 0 Å². The van der Waals surface area contributed by atoms with E-state index in [1.807, 2.05) is 50.2 Å². The van der Waals surface area contributed by atoms with Crippen LogP contribution in [0.15, 0.2) is 78.9 Å². The van der Waals surface area contributed by atoms with E-state index in [2.05, 4.69) is 43.3 Å². The van der Waals surface area contributed by atoms with E-state index < -0.39 is 5.60 Å². The summed E-state index contributed by atoms with van der Waals surface area (Å²) < 4.78 is 7.12. The number of fused-ring (bicyclic) bond motifs is 1. The number of hydrogen-bond acceptors (Lipinski definition) is 3. The van der Waals surface area contributed by atoms with Gasteiger partial charge >= 0.3 is 5.97 Å². The standard InChI is InChI=1S/C26H22NO2S/c1-18-16-21-6-4-5-7-24(21)30(18)23-14-10-20(11-15-23)25(28)29-26(2,3)22-12-8-19(17-27)9-13-22/h4-16H,1-3H3/q+1. The highest BCUT2D eigenvalue weighted by molar-refractivity contribution is 7.45. The number of carbonyl (C=O) groups is 1. The van der Waals surface area contributed by atoms with E-state index in [4.69, 9.17) is 10.00 Å². The minimum atomic E-state index is -0.796. The lowest BCUT2D eigenvalue weighted by Gasteiger charge is -2.25. The van der Waals surface area contributed by atoms with E-state index in [1.165, 1.54) is 19.9 Å². The second kappa shape index (κ2) is 7.78. The maximum Gasteiger partial charge on any atom is 0.338 e. The zero-order valence-electron chi connectivity index (χ0n) is 17.2. The van der Waals surface area contributed by atoms with Gasteiger partial charge in [0.2, 0.25) is 0 Å². The van der Waals surface area contributed by atoms with Gasteiger partial charge in [-0.1, -0.05) is 24.3 Å². The molecule has 148 valence electrons. The maximum atomic E-state index is 12.8. The Balaban J connectivity index is 1.57. The molecule has 4 rings (SSSR count). The second-order valence-electron chi connectivity index (χ2n) is 7.71. The summed E-state index contributed by atoms with van der Waals surface area (Å²) in [7, 11) is -0.101. The maximum absolute atomic E-state index is 12.8. The SMILES string of the molecule is Cc1cc2ccccc2[s+]1-c1ccc(C(=O)OC(C)(C)c2ccc(C#N)cc2)cc1. The average molecular weight is 413 g/mol. The summed E-state index contributed by atoms with van der Waals surface area (Å²) >= 11 is 0. The molecule has 0 saturated heterocycles. The van der Waals surface area contributed by atoms with E-state index in [0.717, 1.165) is 5.56 Å². The number of esters is 1. The molecule has 0 N–H and O–H groups in total. The van der Waals surface area contributed by atoms with Gasteiger partial charge in [0.05, 0.1) is 17.2 Å². The number of nitriles is 1. The topological polar surface area (TPSA) is 50.1 Å². The molecule has 0 aliphatic rings. The first-order valence-electron chi connectivity index (χ1n) is 9.75. The van der Waals surface area contributed by atoms with E-state index in [-0.39, 0.29) is 16.4 Å². The molecule has 0 aliphatic heterocycles. The number of aryl methyl sites for hydroxylation is 1. The van der Waals surface area contributed by atoms with E-state index in [1.54, 1.807) is 12.1 Å². The predicted molar refractivity (Wildman–Crippen MR) is 122 cm³/mol. The average Bonchev–Trinajstić information content (AvgIpc) is 3.09. The van der Waals surface area contributed by atoms with Crippen LogP contribution < -0.4 is 0 Å². The van der Waals surface area contributed by atoms with Gasteiger partial charge in [0.1, 0.15) is 5.60 Å². The van der Waals surface area contributed by atoms with Gasteiger partial charge in [-0.2, -0.15) is 5.26 Å². The minimum Gasteiger partial charge on any atom is -0.451 e. The Bertz CT molecular complexity index is 1260. The third-order valence-corrected chi connectivity index (χ3v) is 7.52. The molecule has 0 amide bonds. The summed E-state index contributed by atoms with van der Waals surface area (Å²) in [4.78, 5) is 15.3. The summed E-state index contributed by atoms with van der Waals surface area (Å²) in [5, 5.41) is 10.2. The first-order valence-corrected chi connectivity index (χ1v) is 11.0. The molecule has 3 nitrogen and oxygen atoms in total. The van der Waals surface area contributed by atoms with Crippen LogP contribution in [-0.2, 0) is 10.3 Å². The van der Waals surface area contributed by atoms with Crippen molar-refractivity contribution >= 4 is 26.5 Å². The van der Waals surface area contributed by atoms with Gasteiger partial charge in [-0.25, -0.2) is 4.79 Å². The van der Waals surface area contributed by atoms with Crippen LogP contribution in [0.1, 0.15) is 40.2 Å². The number of thiophene rings is 1. The highest BCUT2D eigenvalue weighted by Gasteiger charge is 2.27. The molecule has 0 fully saturated rings. The molecule has 1 heterocycles. The van der Waals surface area contributed by atoms with Crippen molar-refractivity contribution in [3.8, 4) is 11.0 Å². The Labute approximate surface area is 179 Å². The molecule has 30 heavy (non-hydrogen) atoms. The van der Waals surface area contributed by atoms with Crippen LogP contribution in [0.25, 0.3) is 15.0 Å². The number of benzene rings is 3. The lowest BCUT2D eigenvalue weighted by Crippen LogP contribution is -2.25. The highest BCUT2D eigenvalue weighted by Crippen LogP contribution is 2.43. The van der Waals surface area contributed by atoms with Crippen LogP contribution in [-0.4, -0.2) is 5.97 Å². The Morgan fingerprint density at radius 2 is 1.63 bits per heavy atom. The van der Waals surface area contributed by atoms with Crippen molar-refractivity contribution in [3.63, 3.8) is 0 Å². The number of nitrogens with zero attached hydrogens (tertiary/aromatic N) is 1. The number of rotatable bonds is 4. The van der Waals surface area contributed by atoms with Crippen LogP contribution in [0.5, 0.6) is 0 Å². The largest absolute Gasteiger partial charge is 0.451 e. The molecular weight excluding hydrogens is 390 g/mol. The van der Waals surface area contributed by atoms with Crippen LogP contribution in [0, 0.1) is 18.3 Å². The molecule has 4 heteroatoms. The highest BCUT2D eigenvalue weighted by atomic mass is 32.2.